The molecule has 1 unspecified atom stereocenters. The lowest BCUT2D eigenvalue weighted by molar-refractivity contribution is -0.161. The van der Waals surface area contributed by atoms with E-state index in [2.05, 4.69) is 16.0 Å². The van der Waals surface area contributed by atoms with Gasteiger partial charge in [0.25, 0.3) is 0 Å². The zero-order valence-electron chi connectivity index (χ0n) is 65.5. The fraction of sp³-hybridized carbons (Fsp3) is 0.667. The number of fused-ring (bicyclic) bond motifs is 3. The second-order valence-corrected chi connectivity index (χ2v) is 30.9. The van der Waals surface area contributed by atoms with Crippen LogP contribution in [0.2, 0.25) is 0 Å². The van der Waals surface area contributed by atoms with E-state index in [-0.39, 0.29) is 83.7 Å². The summed E-state index contributed by atoms with van der Waals surface area (Å²) in [5.41, 5.74) is -1.25. The molecule has 4 fully saturated rings. The third-order valence-electron chi connectivity index (χ3n) is 22.4. The number of amides is 12. The lowest BCUT2D eigenvalue weighted by Crippen LogP contribution is -2.71. The molecule has 3 aliphatic heterocycles. The number of halogens is 3. The molecule has 26 nitrogen and oxygen atoms in total. The first-order chi connectivity index (χ1) is 50.4. The fourth-order valence-electron chi connectivity index (χ4n) is 15.9. The number of carbonyl (C=O) groups is 12. The van der Waals surface area contributed by atoms with Gasteiger partial charge < -0.3 is 69.5 Å². The molecule has 2 saturated carbocycles. The van der Waals surface area contributed by atoms with Crippen molar-refractivity contribution in [2.75, 3.05) is 102 Å². The van der Waals surface area contributed by atoms with Crippen molar-refractivity contribution in [3.63, 3.8) is 0 Å². The third kappa shape index (κ3) is 20.6. The van der Waals surface area contributed by atoms with Gasteiger partial charge in [0, 0.05) is 82.0 Å². The number of likely N-dealkylation sites (N-methyl/N-ethyl adjacent to an activating group) is 7. The number of hydrogen-bond donors (Lipinski definition) is 3. The molecule has 0 aromatic heterocycles. The van der Waals surface area contributed by atoms with Crippen molar-refractivity contribution in [3.05, 3.63) is 76.9 Å². The van der Waals surface area contributed by atoms with Gasteiger partial charge in [0.15, 0.2) is 0 Å². The number of benzene rings is 2. The quantitative estimate of drug-likeness (QED) is 0.192. The first-order valence-electron chi connectivity index (χ1n) is 37.8. The molecule has 12 amide bonds. The van der Waals surface area contributed by atoms with Crippen molar-refractivity contribution in [2.24, 2.45) is 23.2 Å². The molecule has 2 bridgehead atoms. The number of carbonyl (C=O) groups excluding carboxylic acids is 12. The molecule has 2 saturated heterocycles. The minimum atomic E-state index is -4.77. The van der Waals surface area contributed by atoms with Crippen LogP contribution in [0.3, 0.4) is 0 Å². The predicted molar refractivity (Wildman–Crippen MR) is 394 cm³/mol. The van der Waals surface area contributed by atoms with Crippen LogP contribution in [0.1, 0.15) is 155 Å². The molecule has 2 aromatic rings. The Kier molecular flexibility index (Phi) is 29.6. The highest BCUT2D eigenvalue weighted by atomic mass is 19.4. The molecule has 5 aliphatic rings. The van der Waals surface area contributed by atoms with Gasteiger partial charge in [-0.25, -0.2) is 0 Å². The second-order valence-electron chi connectivity index (χ2n) is 30.9. The zero-order valence-corrected chi connectivity index (χ0v) is 65.5. The van der Waals surface area contributed by atoms with Crippen LogP contribution in [-0.2, 0) is 87.7 Å². The largest absolute Gasteiger partial charge is 0.496 e. The van der Waals surface area contributed by atoms with Gasteiger partial charge in [0.2, 0.25) is 70.9 Å². The third-order valence-corrected chi connectivity index (χ3v) is 22.4. The average Bonchev–Trinajstić information content (AvgIpc) is 1.31. The molecule has 1 spiro atoms. The van der Waals surface area contributed by atoms with Crippen molar-refractivity contribution in [3.8, 4) is 5.75 Å². The number of alkyl halides is 3. The maximum atomic E-state index is 15.8. The van der Waals surface area contributed by atoms with E-state index < -0.39 is 179 Å². The van der Waals surface area contributed by atoms with Crippen LogP contribution in [0.4, 0.5) is 13.2 Å². The van der Waals surface area contributed by atoms with E-state index in [1.165, 1.54) is 90.9 Å². The average molecular weight is 1500 g/mol. The molecule has 2 aromatic carbocycles. The molecule has 7 rings (SSSR count). The van der Waals surface area contributed by atoms with Crippen LogP contribution < -0.4 is 20.7 Å². The van der Waals surface area contributed by atoms with Gasteiger partial charge in [0.1, 0.15) is 59.6 Å². The molecule has 3 heterocycles. The summed E-state index contributed by atoms with van der Waals surface area (Å²) in [6.45, 7) is 13.2. The van der Waals surface area contributed by atoms with Gasteiger partial charge in [0.05, 0.1) is 38.8 Å². The SMILES string of the molecule is CCOC[C@H]1C(=O)NC([C@@H](C)CC)C(=O)N(C)CC(=O)N(C)[C@H]2C/C=C\CCN(C2=O)[C@@H](Cc2ccc(CC)cc2)C(=O)N(C)CC(=O)N[C@@H](CCc2ccc(C(F)(F)F)c(OC)c2)C(=O)N2C[C@@H](C)C[C@@H]2C(=O)NC2(CC(C)(C)C2)C(=O)N(C)[C@@H](C2CCCC2)C(=O)N(C)[C@H](C(=O)N(C)CC)CC(=O)N1C. The number of methoxy groups -OCH3 is 1. The smallest absolute Gasteiger partial charge is 0.419 e. The highest BCUT2D eigenvalue weighted by Crippen LogP contribution is 2.50. The summed E-state index contributed by atoms with van der Waals surface area (Å²) in [4.78, 5) is 193. The molecule has 29 heteroatoms. The van der Waals surface area contributed by atoms with Crippen LogP contribution in [-0.4, -0.2) is 271 Å². The van der Waals surface area contributed by atoms with Crippen molar-refractivity contribution in [1.29, 1.82) is 0 Å². The Morgan fingerprint density at radius 3 is 1.94 bits per heavy atom. The Bertz CT molecular complexity index is 3580. The lowest BCUT2D eigenvalue weighted by atomic mass is 9.58. The van der Waals surface area contributed by atoms with E-state index in [4.69, 9.17) is 9.47 Å². The van der Waals surface area contributed by atoms with Crippen LogP contribution in [0.25, 0.3) is 0 Å². The van der Waals surface area contributed by atoms with Gasteiger partial charge in [-0.3, -0.25) is 57.5 Å². The van der Waals surface area contributed by atoms with Crippen molar-refractivity contribution >= 4 is 70.9 Å². The van der Waals surface area contributed by atoms with Gasteiger partial charge in [-0.05, 0) is 130 Å². The van der Waals surface area contributed by atoms with E-state index in [9.17, 15) is 41.9 Å². The molecule has 2 aliphatic carbocycles. The topological polar surface area (TPSA) is 289 Å². The van der Waals surface area contributed by atoms with Crippen molar-refractivity contribution in [2.45, 2.75) is 212 Å². The summed E-state index contributed by atoms with van der Waals surface area (Å²) >= 11 is 0. The number of rotatable bonds is 15. The van der Waals surface area contributed by atoms with E-state index in [1.54, 1.807) is 26.8 Å². The maximum absolute atomic E-state index is 15.8. The molecule has 3 N–H and O–H groups in total. The minimum absolute atomic E-state index is 0.00210. The highest BCUT2D eigenvalue weighted by molar-refractivity contribution is 6.01. The Hall–Kier alpha value is -8.63. The Balaban J connectivity index is 1.35. The molecule has 10 atom stereocenters. The minimum Gasteiger partial charge on any atom is -0.496 e. The summed E-state index contributed by atoms with van der Waals surface area (Å²) in [5.74, 6) is -10.2. The predicted octanol–water partition coefficient (Wildman–Crippen LogP) is 5.26. The normalized spacial score (nSPS) is 26.5. The van der Waals surface area contributed by atoms with E-state index >= 15 is 28.8 Å². The summed E-state index contributed by atoms with van der Waals surface area (Å²) in [6.07, 6.45) is 1.88. The molecule has 592 valence electrons. The van der Waals surface area contributed by atoms with Crippen LogP contribution in [0.5, 0.6) is 5.75 Å². The second kappa shape index (κ2) is 37.0. The number of nitrogens with one attached hydrogen (secondary N) is 3. The number of hydrogen-bond acceptors (Lipinski definition) is 14. The Morgan fingerprint density at radius 1 is 0.710 bits per heavy atom. The summed E-state index contributed by atoms with van der Waals surface area (Å²) < 4.78 is 53.5. The summed E-state index contributed by atoms with van der Waals surface area (Å²) in [6, 6.07) is 0.0699. The lowest BCUT2D eigenvalue weighted by Gasteiger charge is -2.54. The van der Waals surface area contributed by atoms with Gasteiger partial charge in [-0.1, -0.05) is 103 Å². The zero-order chi connectivity index (χ0) is 79.3. The van der Waals surface area contributed by atoms with Gasteiger partial charge >= 0.3 is 6.18 Å². The van der Waals surface area contributed by atoms with E-state index in [1.807, 2.05) is 65.0 Å². The summed E-state index contributed by atoms with van der Waals surface area (Å²) in [7, 11) is 11.0. The van der Waals surface area contributed by atoms with E-state index in [0.717, 1.165) is 33.4 Å². The van der Waals surface area contributed by atoms with Crippen LogP contribution >= 0.6 is 0 Å². The maximum Gasteiger partial charge on any atom is 0.419 e. The number of ether oxygens (including phenoxy) is 2. The van der Waals surface area contributed by atoms with Gasteiger partial charge in [-0.15, -0.1) is 0 Å². The fourth-order valence-corrected chi connectivity index (χ4v) is 15.9. The number of aryl methyl sites for hydroxylation is 2. The highest BCUT2D eigenvalue weighted by Gasteiger charge is 2.59. The molecular formula is C78H115F3N12O14. The van der Waals surface area contributed by atoms with Crippen molar-refractivity contribution < 1.29 is 80.2 Å². The summed E-state index contributed by atoms with van der Waals surface area (Å²) in [5, 5.41) is 8.73. The first kappa shape index (κ1) is 85.6. The Morgan fingerprint density at radius 2 is 1.35 bits per heavy atom. The number of nitrogens with zero attached hydrogens (tertiary/aromatic N) is 9. The van der Waals surface area contributed by atoms with Crippen molar-refractivity contribution in [1.82, 2.24) is 60.0 Å². The van der Waals surface area contributed by atoms with Crippen LogP contribution in [0, 0.1) is 23.2 Å². The molecular weight excluding hydrogens is 1390 g/mol. The molecule has 0 radical (unpaired) electrons. The standard InChI is InChI=1S/C78H115F3N12O14/c1-17-49(6)65-73(103)87(11)44-64(96)88(12)56-28-22-21-25-37-92(72(56)102)59(39-51-31-29-50(18-2)30-32-51)71(101)86(10)43-62(94)82-55(36-34-52-33-35-54(78(79,80)81)61(40-52)106-16)69(99)93-42-48(5)38-57(93)68(98)84-77(46-76(7,8)47-77)75(105)91(15)66(53-26-23-24-27-53)74(104)90(14)58(70(100)85(9)19-3)41-63(95)89(13)60(45-107-20-4)67(97)83-65/h21-22,29-33,35,40,48-49,53,55-60,65-66H,17-20,23-28,34,36-39,41-47H2,1-16H3,(H,82,94)(H,83,97)(H,84,98)/b22-21-/t48-,49-,55-,56-,57+,58-,59-,60-,65?,66-/m0/s1. The Labute approximate surface area is 628 Å². The van der Waals surface area contributed by atoms with E-state index in [0.29, 0.717) is 56.1 Å². The monoisotopic (exact) mass is 1500 g/mol. The van der Waals surface area contributed by atoms with Gasteiger partial charge in [-0.2, -0.15) is 13.2 Å². The first-order valence-corrected chi connectivity index (χ1v) is 37.8. The van der Waals surface area contributed by atoms with Crippen LogP contribution in [0.15, 0.2) is 54.6 Å². The molecule has 107 heavy (non-hydrogen) atoms.